The van der Waals surface area contributed by atoms with E-state index in [1.807, 2.05) is 81.6 Å². The van der Waals surface area contributed by atoms with Crippen molar-refractivity contribution in [2.24, 2.45) is 0 Å². The van der Waals surface area contributed by atoms with Gasteiger partial charge in [0.1, 0.15) is 28.8 Å². The predicted molar refractivity (Wildman–Crippen MR) is 108 cm³/mol. The standard InChI is InChI=1S/C21H12N6S/c22-11-10-19-25-17-8-4-5-9-18(17)27(19)20-14-28-21(15(12-23)13-24)26(20)16-6-2-1-3-7-16/h1-9,14H,10H2. The van der Waals surface area contributed by atoms with E-state index in [4.69, 9.17) is 0 Å². The van der Waals surface area contributed by atoms with Crippen LogP contribution in [0.25, 0.3) is 16.9 Å². The molecule has 1 aliphatic rings. The monoisotopic (exact) mass is 380 g/mol. The predicted octanol–water partition coefficient (Wildman–Crippen LogP) is 4.37. The molecule has 0 saturated heterocycles. The highest BCUT2D eigenvalue weighted by Crippen LogP contribution is 2.43. The Morgan fingerprint density at radius 2 is 1.68 bits per heavy atom. The molecule has 28 heavy (non-hydrogen) atoms. The number of hydrogen-bond donors (Lipinski definition) is 0. The molecule has 2 heterocycles. The first-order valence-corrected chi connectivity index (χ1v) is 9.26. The Labute approximate surface area is 165 Å². The number of fused-ring (bicyclic) bond motifs is 1. The van der Waals surface area contributed by atoms with Crippen LogP contribution in [0.1, 0.15) is 5.82 Å². The maximum absolute atomic E-state index is 9.42. The van der Waals surface area contributed by atoms with Gasteiger partial charge >= 0.3 is 0 Å². The van der Waals surface area contributed by atoms with E-state index in [1.165, 1.54) is 11.8 Å². The third kappa shape index (κ3) is 2.79. The van der Waals surface area contributed by atoms with Gasteiger partial charge < -0.3 is 0 Å². The summed E-state index contributed by atoms with van der Waals surface area (Å²) in [6, 6.07) is 23.3. The van der Waals surface area contributed by atoms with Crippen LogP contribution in [0.3, 0.4) is 0 Å². The van der Waals surface area contributed by atoms with Crippen molar-refractivity contribution < 1.29 is 0 Å². The molecule has 0 atom stereocenters. The molecular weight excluding hydrogens is 368 g/mol. The van der Waals surface area contributed by atoms with Gasteiger partial charge in [0.05, 0.1) is 23.5 Å². The molecule has 132 valence electrons. The summed E-state index contributed by atoms with van der Waals surface area (Å²) in [5, 5.41) is 30.5. The average Bonchev–Trinajstić information content (AvgIpc) is 3.31. The molecule has 4 rings (SSSR count). The number of benzene rings is 2. The number of para-hydroxylation sites is 3. The lowest BCUT2D eigenvalue weighted by atomic mass is 10.2. The molecule has 1 aromatic heterocycles. The smallest absolute Gasteiger partial charge is 0.160 e. The van der Waals surface area contributed by atoms with E-state index in [1.54, 1.807) is 0 Å². The first kappa shape index (κ1) is 17.4. The Balaban J connectivity index is 1.98. The van der Waals surface area contributed by atoms with Crippen LogP contribution in [-0.2, 0) is 6.42 Å². The van der Waals surface area contributed by atoms with Crippen molar-refractivity contribution in [2.45, 2.75) is 6.42 Å². The number of anilines is 1. The van der Waals surface area contributed by atoms with Gasteiger partial charge in [0, 0.05) is 11.1 Å². The number of allylic oxidation sites excluding steroid dienone is 1. The molecule has 0 spiro atoms. The summed E-state index contributed by atoms with van der Waals surface area (Å²) in [6.07, 6.45) is 0.141. The molecule has 3 aromatic rings. The summed E-state index contributed by atoms with van der Waals surface area (Å²) in [6.45, 7) is 0. The van der Waals surface area contributed by atoms with E-state index in [-0.39, 0.29) is 12.0 Å². The molecular formula is C21H12N6S. The van der Waals surface area contributed by atoms with Gasteiger partial charge in [-0.15, -0.1) is 0 Å². The van der Waals surface area contributed by atoms with E-state index in [9.17, 15) is 15.8 Å². The van der Waals surface area contributed by atoms with Gasteiger partial charge in [-0.1, -0.05) is 42.1 Å². The fourth-order valence-corrected chi connectivity index (χ4v) is 4.05. The van der Waals surface area contributed by atoms with Crippen LogP contribution < -0.4 is 4.90 Å². The van der Waals surface area contributed by atoms with Gasteiger partial charge in [0.2, 0.25) is 0 Å². The Morgan fingerprint density at radius 3 is 2.39 bits per heavy atom. The minimum Gasteiger partial charge on any atom is -0.288 e. The lowest BCUT2D eigenvalue weighted by Crippen LogP contribution is -2.21. The van der Waals surface area contributed by atoms with Crippen molar-refractivity contribution in [1.29, 1.82) is 15.8 Å². The van der Waals surface area contributed by atoms with E-state index in [0.717, 1.165) is 22.5 Å². The number of hydrogen-bond acceptors (Lipinski definition) is 6. The van der Waals surface area contributed by atoms with Crippen LogP contribution in [0, 0.1) is 34.0 Å². The molecule has 0 fully saturated rings. The number of thioether (sulfide) groups is 1. The minimum absolute atomic E-state index is 0.0337. The Hall–Kier alpha value is -3.99. The molecule has 0 amide bonds. The number of rotatable bonds is 3. The van der Waals surface area contributed by atoms with Crippen molar-refractivity contribution in [2.75, 3.05) is 4.90 Å². The average molecular weight is 380 g/mol. The van der Waals surface area contributed by atoms with Crippen LogP contribution in [0.2, 0.25) is 0 Å². The molecule has 2 aromatic carbocycles. The van der Waals surface area contributed by atoms with E-state index in [2.05, 4.69) is 11.1 Å². The first-order valence-electron chi connectivity index (χ1n) is 8.38. The van der Waals surface area contributed by atoms with Gasteiger partial charge in [0.15, 0.2) is 5.57 Å². The second kappa shape index (κ2) is 7.32. The molecule has 0 bridgehead atoms. The highest BCUT2D eigenvalue weighted by Gasteiger charge is 2.30. The molecule has 0 radical (unpaired) electrons. The highest BCUT2D eigenvalue weighted by molar-refractivity contribution is 8.06. The third-order valence-electron chi connectivity index (χ3n) is 4.26. The van der Waals surface area contributed by atoms with Crippen LogP contribution in [-0.4, -0.2) is 9.55 Å². The first-order chi connectivity index (χ1) is 13.8. The Kier molecular flexibility index (Phi) is 4.56. The number of imidazole rings is 1. The lowest BCUT2D eigenvalue weighted by Gasteiger charge is -2.25. The fraction of sp³-hybridized carbons (Fsp3) is 0.0476. The SMILES string of the molecule is N#CCc1nc2ccccc2n1C1=CSC(=C(C#N)C#N)N1c1ccccc1. The third-order valence-corrected chi connectivity index (χ3v) is 5.20. The summed E-state index contributed by atoms with van der Waals surface area (Å²) in [5.41, 5.74) is 2.49. The minimum atomic E-state index is 0.0337. The van der Waals surface area contributed by atoms with Gasteiger partial charge in [-0.2, -0.15) is 15.8 Å². The Morgan fingerprint density at radius 1 is 0.964 bits per heavy atom. The summed E-state index contributed by atoms with van der Waals surface area (Å²) in [5.74, 6) is 1.33. The summed E-state index contributed by atoms with van der Waals surface area (Å²) < 4.78 is 1.91. The van der Waals surface area contributed by atoms with Crippen LogP contribution in [0.15, 0.2) is 70.6 Å². The van der Waals surface area contributed by atoms with E-state index < -0.39 is 0 Å². The highest BCUT2D eigenvalue weighted by atomic mass is 32.2. The van der Waals surface area contributed by atoms with Crippen LogP contribution in [0.4, 0.5) is 5.69 Å². The van der Waals surface area contributed by atoms with Crippen molar-refractivity contribution in [1.82, 2.24) is 9.55 Å². The molecule has 0 aliphatic carbocycles. The Bertz CT molecular complexity index is 1230. The summed E-state index contributed by atoms with van der Waals surface area (Å²) >= 11 is 1.31. The number of aromatic nitrogens is 2. The van der Waals surface area contributed by atoms with Crippen molar-refractivity contribution in [3.8, 4) is 18.2 Å². The molecule has 0 N–H and O–H groups in total. The zero-order valence-electron chi connectivity index (χ0n) is 14.6. The second-order valence-electron chi connectivity index (χ2n) is 5.86. The van der Waals surface area contributed by atoms with Gasteiger partial charge in [0.25, 0.3) is 0 Å². The maximum Gasteiger partial charge on any atom is 0.160 e. The molecule has 0 saturated carbocycles. The van der Waals surface area contributed by atoms with Crippen molar-refractivity contribution >= 4 is 34.3 Å². The van der Waals surface area contributed by atoms with Crippen molar-refractivity contribution in [3.63, 3.8) is 0 Å². The van der Waals surface area contributed by atoms with Crippen molar-refractivity contribution in [3.05, 3.63) is 76.4 Å². The number of nitrogens with zero attached hydrogens (tertiary/aromatic N) is 6. The van der Waals surface area contributed by atoms with E-state index in [0.29, 0.717) is 10.9 Å². The number of nitriles is 3. The lowest BCUT2D eigenvalue weighted by molar-refractivity contribution is 0.946. The zero-order chi connectivity index (χ0) is 19.5. The molecule has 0 unspecified atom stereocenters. The van der Waals surface area contributed by atoms with Gasteiger partial charge in [-0.05, 0) is 24.3 Å². The summed E-state index contributed by atoms with van der Waals surface area (Å²) in [7, 11) is 0. The quantitative estimate of drug-likeness (QED) is 0.627. The van der Waals surface area contributed by atoms with Gasteiger partial charge in [-0.3, -0.25) is 9.47 Å². The normalized spacial score (nSPS) is 13.0. The van der Waals surface area contributed by atoms with Gasteiger partial charge in [-0.25, -0.2) is 4.98 Å². The second-order valence-corrected chi connectivity index (χ2v) is 6.71. The summed E-state index contributed by atoms with van der Waals surface area (Å²) in [4.78, 5) is 6.47. The van der Waals surface area contributed by atoms with Crippen LogP contribution in [0.5, 0.6) is 0 Å². The maximum atomic E-state index is 9.42. The topological polar surface area (TPSA) is 92.4 Å². The largest absolute Gasteiger partial charge is 0.288 e. The van der Waals surface area contributed by atoms with Crippen LogP contribution >= 0.6 is 11.8 Å². The molecule has 6 nitrogen and oxygen atoms in total. The fourth-order valence-electron chi connectivity index (χ4n) is 3.11. The van der Waals surface area contributed by atoms with E-state index >= 15 is 0 Å². The molecule has 1 aliphatic heterocycles. The molecule has 7 heteroatoms. The zero-order valence-corrected chi connectivity index (χ0v) is 15.4.